The van der Waals surface area contributed by atoms with Crippen LogP contribution in [0.4, 0.5) is 18.9 Å². The minimum absolute atomic E-state index is 0. The van der Waals surface area contributed by atoms with Crippen molar-refractivity contribution < 1.29 is 34.4 Å². The van der Waals surface area contributed by atoms with Gasteiger partial charge in [0.15, 0.2) is 0 Å². The third-order valence-electron chi connectivity index (χ3n) is 3.02. The molecule has 0 spiro atoms. The maximum Gasteiger partial charge on any atom is 0.403 e. The fraction of sp³-hybridized carbons (Fsp3) is 0.0455. The molecule has 28 heavy (non-hydrogen) atoms. The van der Waals surface area contributed by atoms with Gasteiger partial charge in [-0.1, -0.05) is 18.2 Å². The number of terminal acetylenes is 1. The average molecular weight is 392 g/mol. The monoisotopic (exact) mass is 392 g/mol. The third-order valence-corrected chi connectivity index (χ3v) is 3.02. The van der Waals surface area contributed by atoms with Crippen molar-refractivity contribution in [2.75, 3.05) is 0 Å². The number of aliphatic imine (C=N–C) groups is 1. The van der Waals surface area contributed by atoms with Crippen LogP contribution in [-0.4, -0.2) is 11.9 Å². The van der Waals surface area contributed by atoms with Crippen LogP contribution in [0.3, 0.4) is 0 Å². The molecular formula is C22H25F3NO2-. The highest BCUT2D eigenvalue weighted by atomic mass is 19.4. The van der Waals surface area contributed by atoms with Gasteiger partial charge >= 0.3 is 6.18 Å². The van der Waals surface area contributed by atoms with Gasteiger partial charge in [-0.05, 0) is 53.4 Å². The Morgan fingerprint density at radius 2 is 1.71 bits per heavy atom. The van der Waals surface area contributed by atoms with Crippen molar-refractivity contribution in [3.8, 4) is 48.1 Å². The second-order valence-corrected chi connectivity index (χ2v) is 4.93. The number of hydrogen-bond acceptors (Lipinski definition) is 3. The minimum atomic E-state index is -5.03. The minimum Gasteiger partial charge on any atom is -0.869 e. The van der Waals surface area contributed by atoms with Crippen molar-refractivity contribution in [1.29, 1.82) is 0 Å². The summed E-state index contributed by atoms with van der Waals surface area (Å²) < 4.78 is 43.6. The SMILES string of the molecule is C#CC#CC#CC#COC1=CC(=Nc2ccccc2)C(=C([O-])C(F)(F)F)C=C1.[HH].[HH].[HH].[HH].[HH].[HH].[HH].[HH]. The molecule has 1 aliphatic rings. The van der Waals surface area contributed by atoms with E-state index in [0.717, 1.165) is 6.08 Å². The Labute approximate surface area is 171 Å². The van der Waals surface area contributed by atoms with Crippen LogP contribution < -0.4 is 5.11 Å². The smallest absolute Gasteiger partial charge is 0.403 e. The van der Waals surface area contributed by atoms with Crippen LogP contribution in [0.25, 0.3) is 0 Å². The molecule has 0 radical (unpaired) electrons. The highest BCUT2D eigenvalue weighted by molar-refractivity contribution is 6.13. The van der Waals surface area contributed by atoms with Gasteiger partial charge in [0.1, 0.15) is 11.9 Å². The molecule has 0 bridgehead atoms. The molecule has 1 aromatic carbocycles. The first kappa shape index (κ1) is 20.1. The maximum atomic E-state index is 12.8. The number of para-hydroxylation sites is 1. The topological polar surface area (TPSA) is 44.6 Å². The van der Waals surface area contributed by atoms with E-state index in [1.54, 1.807) is 30.3 Å². The summed E-state index contributed by atoms with van der Waals surface area (Å²) in [5.74, 6) is 11.8. The predicted octanol–water partition coefficient (Wildman–Crippen LogP) is 4.98. The number of rotatable bonds is 2. The van der Waals surface area contributed by atoms with Crippen LogP contribution in [0.2, 0.25) is 0 Å². The second kappa shape index (κ2) is 9.44. The summed E-state index contributed by atoms with van der Waals surface area (Å²) in [4.78, 5) is 4.10. The number of allylic oxidation sites excluding steroid dienone is 5. The summed E-state index contributed by atoms with van der Waals surface area (Å²) in [6.07, 6.45) is 5.50. The van der Waals surface area contributed by atoms with E-state index >= 15 is 0 Å². The van der Waals surface area contributed by atoms with Crippen LogP contribution >= 0.6 is 0 Å². The molecule has 2 rings (SSSR count). The van der Waals surface area contributed by atoms with Gasteiger partial charge in [0.2, 0.25) is 0 Å². The molecule has 0 saturated carbocycles. The Kier molecular flexibility index (Phi) is 6.76. The summed E-state index contributed by atoms with van der Waals surface area (Å²) in [5.41, 5.74) is -0.417. The quantitative estimate of drug-likeness (QED) is 0.527. The Bertz CT molecular complexity index is 1120. The molecule has 1 aliphatic carbocycles. The first-order valence-corrected chi connectivity index (χ1v) is 7.56. The van der Waals surface area contributed by atoms with E-state index in [1.807, 2.05) is 0 Å². The third kappa shape index (κ3) is 5.92. The summed E-state index contributed by atoms with van der Waals surface area (Å²) >= 11 is 0. The molecule has 1 aromatic rings. The van der Waals surface area contributed by atoms with Crippen molar-refractivity contribution in [3.05, 3.63) is 65.7 Å². The summed E-state index contributed by atoms with van der Waals surface area (Å²) in [5, 5.41) is 11.7. The molecule has 0 aliphatic heterocycles. The number of nitrogens with zero attached hydrogens (tertiary/aromatic N) is 1. The van der Waals surface area contributed by atoms with E-state index in [4.69, 9.17) is 11.2 Å². The second-order valence-electron chi connectivity index (χ2n) is 4.93. The Morgan fingerprint density at radius 3 is 2.39 bits per heavy atom. The Balaban J connectivity index is -0.000000210. The van der Waals surface area contributed by atoms with Gasteiger partial charge in [-0.25, -0.2) is 4.99 Å². The molecule has 0 saturated heterocycles. The van der Waals surface area contributed by atoms with Gasteiger partial charge < -0.3 is 9.84 Å². The lowest BCUT2D eigenvalue weighted by Gasteiger charge is -2.22. The summed E-state index contributed by atoms with van der Waals surface area (Å²) in [6, 6.07) is 8.23. The number of halogens is 3. The molecule has 0 heterocycles. The van der Waals surface area contributed by atoms with E-state index in [2.05, 4.69) is 46.6 Å². The molecule has 0 amide bonds. The van der Waals surface area contributed by atoms with Crippen molar-refractivity contribution in [3.63, 3.8) is 0 Å². The van der Waals surface area contributed by atoms with E-state index in [0.29, 0.717) is 5.69 Å². The highest BCUT2D eigenvalue weighted by Gasteiger charge is 2.30. The Hall–Kier alpha value is -4.26. The Morgan fingerprint density at radius 1 is 1.04 bits per heavy atom. The number of ether oxygens (including phenoxy) is 1. The zero-order chi connectivity index (χ0) is 20.4. The average Bonchev–Trinajstić information content (AvgIpc) is 2.67. The van der Waals surface area contributed by atoms with Crippen molar-refractivity contribution in [1.82, 2.24) is 0 Å². The normalized spacial score (nSPS) is 15.5. The van der Waals surface area contributed by atoms with Gasteiger partial charge in [-0.15, -0.1) is 6.42 Å². The summed E-state index contributed by atoms with van der Waals surface area (Å²) in [7, 11) is 0. The zero-order valence-corrected chi connectivity index (χ0v) is 14.1. The van der Waals surface area contributed by atoms with Crippen LogP contribution in [-0.2, 0) is 4.74 Å². The van der Waals surface area contributed by atoms with Gasteiger partial charge in [0, 0.05) is 35.3 Å². The maximum absolute atomic E-state index is 12.8. The van der Waals surface area contributed by atoms with Crippen LogP contribution in [0.1, 0.15) is 11.4 Å². The molecule has 6 heteroatoms. The predicted molar refractivity (Wildman–Crippen MR) is 114 cm³/mol. The van der Waals surface area contributed by atoms with Gasteiger partial charge in [-0.2, -0.15) is 13.2 Å². The van der Waals surface area contributed by atoms with E-state index in [-0.39, 0.29) is 22.9 Å². The van der Waals surface area contributed by atoms with Crippen molar-refractivity contribution in [2.45, 2.75) is 6.18 Å². The zero-order valence-electron chi connectivity index (χ0n) is 14.1. The van der Waals surface area contributed by atoms with E-state index < -0.39 is 17.5 Å². The van der Waals surface area contributed by atoms with Crippen LogP contribution in [0.15, 0.2) is 70.6 Å². The molecule has 0 atom stereocenters. The van der Waals surface area contributed by atoms with Crippen molar-refractivity contribution >= 4 is 11.4 Å². The molecule has 0 unspecified atom stereocenters. The molecule has 0 aromatic heterocycles. The number of benzene rings is 1. The molecule has 0 fully saturated rings. The molecule has 3 nitrogen and oxygen atoms in total. The number of alkyl halides is 3. The lowest BCUT2D eigenvalue weighted by molar-refractivity contribution is -0.360. The fourth-order valence-electron chi connectivity index (χ4n) is 1.89. The van der Waals surface area contributed by atoms with Gasteiger partial charge in [0.25, 0.3) is 0 Å². The van der Waals surface area contributed by atoms with Crippen LogP contribution in [0, 0.1) is 48.1 Å². The van der Waals surface area contributed by atoms with Gasteiger partial charge in [-0.3, -0.25) is 0 Å². The van der Waals surface area contributed by atoms with E-state index in [1.165, 1.54) is 12.2 Å². The van der Waals surface area contributed by atoms with Gasteiger partial charge in [0.05, 0.1) is 11.4 Å². The fourth-order valence-corrected chi connectivity index (χ4v) is 1.89. The molecular weight excluding hydrogens is 367 g/mol. The molecule has 152 valence electrons. The standard InChI is InChI=1S/C22H10F3NO2.8H2/c1-2-3-4-5-6-10-15-28-18-13-14-19(21(27)22(23,24)25)20(16-18)26-17-11-8-7-9-12-17;;;;;;;;/h1,7-9,11-14,16,27H;8*1H/p-1. The van der Waals surface area contributed by atoms with Crippen molar-refractivity contribution in [2.24, 2.45) is 4.99 Å². The highest BCUT2D eigenvalue weighted by Crippen LogP contribution is 2.28. The lowest BCUT2D eigenvalue weighted by Crippen LogP contribution is -2.27. The number of hydrogen-bond donors (Lipinski definition) is 0. The van der Waals surface area contributed by atoms with E-state index in [9.17, 15) is 18.3 Å². The largest absolute Gasteiger partial charge is 0.869 e. The molecule has 0 N–H and O–H groups in total. The first-order valence-electron chi connectivity index (χ1n) is 7.56. The lowest BCUT2D eigenvalue weighted by atomic mass is 10.0. The van der Waals surface area contributed by atoms with Crippen LogP contribution in [0.5, 0.6) is 0 Å². The first-order chi connectivity index (χ1) is 13.4. The summed E-state index contributed by atoms with van der Waals surface area (Å²) in [6.45, 7) is 0.